The molecule has 0 bridgehead atoms. The largest absolute Gasteiger partial charge is 0.508 e. The average molecular weight is 273 g/mol. The lowest BCUT2D eigenvalue weighted by Crippen LogP contribution is -1.90. The fraction of sp³-hybridized carbons (Fsp3) is 0.0833. The Morgan fingerprint density at radius 2 is 2.16 bits per heavy atom. The van der Waals surface area contributed by atoms with Crippen molar-refractivity contribution in [1.82, 2.24) is 19.9 Å². The highest BCUT2D eigenvalue weighted by molar-refractivity contribution is 7.98. The second-order valence-electron chi connectivity index (χ2n) is 3.96. The number of hydrogen-bond acceptors (Lipinski definition) is 6. The Morgan fingerprint density at radius 3 is 3.05 bits per heavy atom. The number of imidazole rings is 1. The number of H-pyrrole nitrogens is 1. The van der Waals surface area contributed by atoms with Gasteiger partial charge in [0.05, 0.1) is 6.33 Å². The minimum absolute atomic E-state index is 0.233. The van der Waals surface area contributed by atoms with E-state index in [2.05, 4.69) is 19.9 Å². The van der Waals surface area contributed by atoms with Gasteiger partial charge in [-0.05, 0) is 18.2 Å². The molecule has 0 saturated carbocycles. The zero-order valence-corrected chi connectivity index (χ0v) is 10.7. The Bertz CT molecular complexity index is 727. The number of benzene rings is 1. The van der Waals surface area contributed by atoms with Crippen LogP contribution in [-0.4, -0.2) is 25.0 Å². The highest BCUT2D eigenvalue weighted by Crippen LogP contribution is 2.29. The summed E-state index contributed by atoms with van der Waals surface area (Å²) in [5.41, 5.74) is 8.55. The Kier molecular flexibility index (Phi) is 2.96. The molecule has 0 aliphatic heterocycles. The van der Waals surface area contributed by atoms with Crippen molar-refractivity contribution in [2.45, 2.75) is 10.8 Å². The van der Waals surface area contributed by atoms with Crippen molar-refractivity contribution in [1.29, 1.82) is 0 Å². The molecule has 19 heavy (non-hydrogen) atoms. The molecule has 2 aromatic heterocycles. The molecule has 7 heteroatoms. The normalized spacial score (nSPS) is 10.9. The molecule has 0 spiro atoms. The van der Waals surface area contributed by atoms with Crippen LogP contribution in [0.25, 0.3) is 11.2 Å². The van der Waals surface area contributed by atoms with Crippen molar-refractivity contribution >= 4 is 28.6 Å². The molecule has 0 aliphatic rings. The van der Waals surface area contributed by atoms with Crippen molar-refractivity contribution < 1.29 is 5.11 Å². The zero-order chi connectivity index (χ0) is 13.2. The van der Waals surface area contributed by atoms with Crippen LogP contribution in [0, 0.1) is 0 Å². The van der Waals surface area contributed by atoms with E-state index in [1.165, 1.54) is 18.1 Å². The number of nitrogens with zero attached hydrogens (tertiary/aromatic N) is 3. The van der Waals surface area contributed by atoms with Gasteiger partial charge in [0, 0.05) is 17.0 Å². The Balaban J connectivity index is 1.86. The first-order valence-corrected chi connectivity index (χ1v) is 6.57. The first-order chi connectivity index (χ1) is 9.24. The minimum atomic E-state index is 0.233. The number of aromatic amines is 1. The van der Waals surface area contributed by atoms with E-state index in [0.29, 0.717) is 17.1 Å². The molecule has 0 amide bonds. The maximum atomic E-state index is 9.76. The lowest BCUT2D eigenvalue weighted by atomic mass is 10.2. The summed E-state index contributed by atoms with van der Waals surface area (Å²) >= 11 is 1.49. The smallest absolute Gasteiger partial charge is 0.181 e. The van der Waals surface area contributed by atoms with E-state index >= 15 is 0 Å². The van der Waals surface area contributed by atoms with Crippen LogP contribution in [-0.2, 0) is 5.75 Å². The van der Waals surface area contributed by atoms with Crippen LogP contribution in [0.1, 0.15) is 5.56 Å². The van der Waals surface area contributed by atoms with Crippen LogP contribution in [0.5, 0.6) is 5.75 Å². The van der Waals surface area contributed by atoms with E-state index in [1.54, 1.807) is 24.5 Å². The maximum absolute atomic E-state index is 9.76. The molecule has 0 atom stereocenters. The van der Waals surface area contributed by atoms with Gasteiger partial charge in [-0.2, -0.15) is 0 Å². The molecule has 0 fully saturated rings. The first kappa shape index (κ1) is 11.8. The number of anilines is 1. The molecule has 0 saturated heterocycles. The van der Waals surface area contributed by atoms with Crippen molar-refractivity contribution in [3.05, 3.63) is 36.4 Å². The van der Waals surface area contributed by atoms with Crippen molar-refractivity contribution in [3.63, 3.8) is 0 Å². The summed E-state index contributed by atoms with van der Waals surface area (Å²) in [5, 5.41) is 10.6. The topological polar surface area (TPSA) is 101 Å². The number of hydrogen-bond donors (Lipinski definition) is 3. The Labute approximate surface area is 113 Å². The quantitative estimate of drug-likeness (QED) is 0.292. The van der Waals surface area contributed by atoms with Gasteiger partial charge in [0.25, 0.3) is 0 Å². The van der Waals surface area contributed by atoms with Gasteiger partial charge in [0.2, 0.25) is 0 Å². The number of rotatable bonds is 3. The molecule has 2 heterocycles. The van der Waals surface area contributed by atoms with Gasteiger partial charge in [0.1, 0.15) is 22.6 Å². The fourth-order valence-electron chi connectivity index (χ4n) is 1.72. The third-order valence-corrected chi connectivity index (χ3v) is 3.69. The fourth-order valence-corrected chi connectivity index (χ4v) is 2.66. The number of thioether (sulfide) groups is 1. The molecule has 3 aromatic rings. The van der Waals surface area contributed by atoms with Gasteiger partial charge < -0.3 is 15.8 Å². The number of nitrogen functional groups attached to an aromatic ring is 1. The summed E-state index contributed by atoms with van der Waals surface area (Å²) in [6.07, 6.45) is 3.06. The number of phenolic OH excluding ortho intramolecular Hbond substituents is 1. The highest BCUT2D eigenvalue weighted by atomic mass is 32.2. The molecule has 6 nitrogen and oxygen atoms in total. The number of nitrogens with one attached hydrogen (secondary N) is 1. The molecule has 0 aliphatic carbocycles. The van der Waals surface area contributed by atoms with Crippen LogP contribution in [0.15, 0.2) is 35.9 Å². The minimum Gasteiger partial charge on any atom is -0.508 e. The molecular formula is C12H11N5OS. The van der Waals surface area contributed by atoms with Gasteiger partial charge in [0.15, 0.2) is 5.65 Å². The van der Waals surface area contributed by atoms with E-state index < -0.39 is 0 Å². The van der Waals surface area contributed by atoms with Crippen LogP contribution in [0.4, 0.5) is 5.69 Å². The lowest BCUT2D eigenvalue weighted by molar-refractivity contribution is 0.471. The molecule has 4 N–H and O–H groups in total. The van der Waals surface area contributed by atoms with E-state index in [1.807, 2.05) is 0 Å². The van der Waals surface area contributed by atoms with E-state index in [9.17, 15) is 5.11 Å². The Hall–Kier alpha value is -2.28. The molecule has 96 valence electrons. The van der Waals surface area contributed by atoms with Crippen LogP contribution < -0.4 is 5.73 Å². The number of phenols is 1. The predicted molar refractivity (Wildman–Crippen MR) is 73.8 cm³/mol. The van der Waals surface area contributed by atoms with Crippen LogP contribution >= 0.6 is 11.8 Å². The van der Waals surface area contributed by atoms with Gasteiger partial charge >= 0.3 is 0 Å². The standard InChI is InChI=1S/C12H11N5OS/c13-8-1-2-9(18)7(3-8)4-19-12-10-11(15-5-14-10)16-6-17-12/h1-3,5-6,18H,4,13H2,(H,14,15,16,17). The van der Waals surface area contributed by atoms with Gasteiger partial charge in [-0.15, -0.1) is 0 Å². The van der Waals surface area contributed by atoms with Crippen molar-refractivity contribution in [2.75, 3.05) is 5.73 Å². The lowest BCUT2D eigenvalue weighted by Gasteiger charge is -2.05. The summed E-state index contributed by atoms with van der Waals surface area (Å²) in [6, 6.07) is 5.02. The number of fused-ring (bicyclic) bond motifs is 1. The van der Waals surface area contributed by atoms with E-state index in [0.717, 1.165) is 16.1 Å². The molecule has 1 aromatic carbocycles. The van der Waals surface area contributed by atoms with Crippen molar-refractivity contribution in [3.8, 4) is 5.75 Å². The van der Waals surface area contributed by atoms with Crippen molar-refractivity contribution in [2.24, 2.45) is 0 Å². The monoisotopic (exact) mass is 273 g/mol. The molecule has 0 radical (unpaired) electrons. The van der Waals surface area contributed by atoms with Crippen LogP contribution in [0.3, 0.4) is 0 Å². The summed E-state index contributed by atoms with van der Waals surface area (Å²) < 4.78 is 0. The van der Waals surface area contributed by atoms with Gasteiger partial charge in [-0.3, -0.25) is 0 Å². The van der Waals surface area contributed by atoms with Crippen LogP contribution in [0.2, 0.25) is 0 Å². The maximum Gasteiger partial charge on any atom is 0.181 e. The molecule has 0 unspecified atom stereocenters. The first-order valence-electron chi connectivity index (χ1n) is 5.58. The number of nitrogens with two attached hydrogens (primary N) is 1. The van der Waals surface area contributed by atoms with Gasteiger partial charge in [-0.25, -0.2) is 15.0 Å². The summed E-state index contributed by atoms with van der Waals surface area (Å²) in [4.78, 5) is 15.3. The average Bonchev–Trinajstić information content (AvgIpc) is 2.88. The summed E-state index contributed by atoms with van der Waals surface area (Å²) in [7, 11) is 0. The highest BCUT2D eigenvalue weighted by Gasteiger charge is 2.08. The third kappa shape index (κ3) is 2.32. The second kappa shape index (κ2) is 4.77. The molecular weight excluding hydrogens is 262 g/mol. The van der Waals surface area contributed by atoms with E-state index in [-0.39, 0.29) is 5.75 Å². The molecule has 3 rings (SSSR count). The number of aromatic hydroxyl groups is 1. The predicted octanol–water partition coefficient (Wildman–Crippen LogP) is 1.93. The van der Waals surface area contributed by atoms with Gasteiger partial charge in [-0.1, -0.05) is 11.8 Å². The zero-order valence-electron chi connectivity index (χ0n) is 9.87. The summed E-state index contributed by atoms with van der Waals surface area (Å²) in [6.45, 7) is 0. The second-order valence-corrected chi connectivity index (χ2v) is 4.92. The summed E-state index contributed by atoms with van der Waals surface area (Å²) in [5.74, 6) is 0.804. The third-order valence-electron chi connectivity index (χ3n) is 2.66. The number of aromatic nitrogens is 4. The van der Waals surface area contributed by atoms with E-state index in [4.69, 9.17) is 5.73 Å². The SMILES string of the molecule is Nc1ccc(O)c(CSc2ncnc3nc[nH]c23)c1. The Morgan fingerprint density at radius 1 is 1.26 bits per heavy atom.